The Morgan fingerprint density at radius 3 is 2.75 bits per heavy atom. The molecule has 2 aromatic rings. The number of carbonyl (C=O) groups is 1. The first-order valence-electron chi connectivity index (χ1n) is 6.41. The molecule has 1 atom stereocenters. The Morgan fingerprint density at radius 1 is 1.40 bits per heavy atom. The van der Waals surface area contributed by atoms with Gasteiger partial charge >= 0.3 is 5.97 Å². The van der Waals surface area contributed by atoms with Crippen LogP contribution in [0.1, 0.15) is 12.6 Å². The zero-order valence-corrected chi connectivity index (χ0v) is 11.8. The Hall–Kier alpha value is -2.30. The van der Waals surface area contributed by atoms with Crippen LogP contribution in [0.5, 0.6) is 5.75 Å². The summed E-state index contributed by atoms with van der Waals surface area (Å²) >= 11 is 0. The standard InChI is InChI=1S/C15H18N2O3/c1-10(15(18)19)8-13-12(9-16-17(13)2)11-6-4-5-7-14(11)20-3/h4-7,9-10H,8H2,1-3H3,(H,18,19). The number of carboxylic acid groups (broad SMARTS) is 1. The molecule has 0 aliphatic heterocycles. The number of hydrogen-bond donors (Lipinski definition) is 1. The van der Waals surface area contributed by atoms with Crippen molar-refractivity contribution in [2.45, 2.75) is 13.3 Å². The van der Waals surface area contributed by atoms with E-state index in [-0.39, 0.29) is 0 Å². The van der Waals surface area contributed by atoms with E-state index in [1.54, 1.807) is 24.9 Å². The molecule has 0 aliphatic carbocycles. The van der Waals surface area contributed by atoms with Gasteiger partial charge in [0.05, 0.1) is 19.2 Å². The van der Waals surface area contributed by atoms with E-state index in [0.29, 0.717) is 6.42 Å². The van der Waals surface area contributed by atoms with Gasteiger partial charge in [-0.1, -0.05) is 25.1 Å². The molecule has 0 fully saturated rings. The van der Waals surface area contributed by atoms with E-state index in [0.717, 1.165) is 22.6 Å². The van der Waals surface area contributed by atoms with Crippen LogP contribution in [0.15, 0.2) is 30.5 Å². The van der Waals surface area contributed by atoms with Crippen LogP contribution in [0.25, 0.3) is 11.1 Å². The molecular formula is C15H18N2O3. The Bertz CT molecular complexity index is 619. The number of ether oxygens (including phenoxy) is 1. The lowest BCUT2D eigenvalue weighted by Crippen LogP contribution is -2.15. The van der Waals surface area contributed by atoms with E-state index < -0.39 is 11.9 Å². The van der Waals surface area contributed by atoms with Crippen LogP contribution in [0.3, 0.4) is 0 Å². The number of nitrogens with zero attached hydrogens (tertiary/aromatic N) is 2. The summed E-state index contributed by atoms with van der Waals surface area (Å²) in [5.41, 5.74) is 2.73. The van der Waals surface area contributed by atoms with Crippen LogP contribution in [0, 0.1) is 5.92 Å². The summed E-state index contributed by atoms with van der Waals surface area (Å²) in [4.78, 5) is 11.1. The smallest absolute Gasteiger partial charge is 0.306 e. The van der Waals surface area contributed by atoms with Crippen LogP contribution in [0.4, 0.5) is 0 Å². The second kappa shape index (κ2) is 5.77. The van der Waals surface area contributed by atoms with Crippen molar-refractivity contribution >= 4 is 5.97 Å². The Morgan fingerprint density at radius 2 is 2.10 bits per heavy atom. The predicted octanol–water partition coefficient (Wildman–Crippen LogP) is 2.36. The van der Waals surface area contributed by atoms with Gasteiger partial charge in [-0.15, -0.1) is 0 Å². The molecule has 0 aliphatic rings. The molecule has 2 rings (SSSR count). The van der Waals surface area contributed by atoms with Gasteiger partial charge in [-0.25, -0.2) is 0 Å². The Balaban J connectivity index is 2.45. The number of aryl methyl sites for hydroxylation is 1. The van der Waals surface area contributed by atoms with E-state index in [2.05, 4.69) is 5.10 Å². The van der Waals surface area contributed by atoms with Crippen LogP contribution >= 0.6 is 0 Å². The van der Waals surface area contributed by atoms with Crippen molar-refractivity contribution in [3.63, 3.8) is 0 Å². The van der Waals surface area contributed by atoms with Gasteiger partial charge in [-0.05, 0) is 6.07 Å². The normalized spacial score (nSPS) is 12.2. The fraction of sp³-hybridized carbons (Fsp3) is 0.333. The maximum atomic E-state index is 11.1. The Labute approximate surface area is 117 Å². The highest BCUT2D eigenvalue weighted by Crippen LogP contribution is 2.32. The third kappa shape index (κ3) is 2.66. The van der Waals surface area contributed by atoms with Crippen molar-refractivity contribution in [2.24, 2.45) is 13.0 Å². The fourth-order valence-electron chi connectivity index (χ4n) is 2.17. The van der Waals surface area contributed by atoms with Crippen molar-refractivity contribution < 1.29 is 14.6 Å². The quantitative estimate of drug-likeness (QED) is 0.909. The van der Waals surface area contributed by atoms with Crippen molar-refractivity contribution in [1.82, 2.24) is 9.78 Å². The lowest BCUT2D eigenvalue weighted by atomic mass is 9.98. The molecular weight excluding hydrogens is 256 g/mol. The van der Waals surface area contributed by atoms with E-state index in [9.17, 15) is 4.79 Å². The number of aromatic nitrogens is 2. The first kappa shape index (κ1) is 14.1. The van der Waals surface area contributed by atoms with Crippen LogP contribution in [0.2, 0.25) is 0 Å². The molecule has 0 bridgehead atoms. The highest BCUT2D eigenvalue weighted by Gasteiger charge is 2.19. The number of benzene rings is 1. The molecule has 1 heterocycles. The summed E-state index contributed by atoms with van der Waals surface area (Å²) in [7, 11) is 3.44. The molecule has 0 spiro atoms. The van der Waals surface area contributed by atoms with Gasteiger partial charge in [0.1, 0.15) is 5.75 Å². The number of carboxylic acids is 1. The maximum absolute atomic E-state index is 11.1. The van der Waals surface area contributed by atoms with Gasteiger partial charge < -0.3 is 9.84 Å². The van der Waals surface area contributed by atoms with Crippen molar-refractivity contribution in [2.75, 3.05) is 7.11 Å². The summed E-state index contributed by atoms with van der Waals surface area (Å²) < 4.78 is 7.09. The van der Waals surface area contributed by atoms with Gasteiger partial charge in [0, 0.05) is 30.3 Å². The predicted molar refractivity (Wildman–Crippen MR) is 75.7 cm³/mol. The monoisotopic (exact) mass is 274 g/mol. The van der Waals surface area contributed by atoms with Gasteiger partial charge in [0.2, 0.25) is 0 Å². The summed E-state index contributed by atoms with van der Waals surface area (Å²) in [6, 6.07) is 7.66. The maximum Gasteiger partial charge on any atom is 0.306 e. The molecule has 0 radical (unpaired) electrons. The zero-order valence-electron chi connectivity index (χ0n) is 11.8. The minimum Gasteiger partial charge on any atom is -0.496 e. The van der Waals surface area contributed by atoms with Gasteiger partial charge in [-0.2, -0.15) is 5.10 Å². The third-order valence-corrected chi connectivity index (χ3v) is 3.38. The second-order valence-electron chi connectivity index (χ2n) is 4.77. The highest BCUT2D eigenvalue weighted by atomic mass is 16.5. The molecule has 5 heteroatoms. The first-order valence-corrected chi connectivity index (χ1v) is 6.41. The number of para-hydroxylation sites is 1. The van der Waals surface area contributed by atoms with Crippen molar-refractivity contribution in [3.05, 3.63) is 36.2 Å². The van der Waals surface area contributed by atoms with Gasteiger partial charge in [0.25, 0.3) is 0 Å². The SMILES string of the molecule is COc1ccccc1-c1cnn(C)c1CC(C)C(=O)O. The average Bonchev–Trinajstić information content (AvgIpc) is 2.80. The van der Waals surface area contributed by atoms with E-state index in [1.807, 2.05) is 31.3 Å². The topological polar surface area (TPSA) is 64.4 Å². The average molecular weight is 274 g/mol. The van der Waals surface area contributed by atoms with E-state index >= 15 is 0 Å². The molecule has 0 amide bonds. The molecule has 1 N–H and O–H groups in total. The number of hydrogen-bond acceptors (Lipinski definition) is 3. The summed E-state index contributed by atoms with van der Waals surface area (Å²) in [5, 5.41) is 13.3. The molecule has 1 aromatic carbocycles. The minimum absolute atomic E-state index is 0.430. The van der Waals surface area contributed by atoms with Gasteiger partial charge in [0.15, 0.2) is 0 Å². The van der Waals surface area contributed by atoms with Crippen molar-refractivity contribution in [3.8, 4) is 16.9 Å². The molecule has 1 aromatic heterocycles. The summed E-state index contributed by atoms with van der Waals surface area (Å²) in [6.07, 6.45) is 2.18. The third-order valence-electron chi connectivity index (χ3n) is 3.38. The van der Waals surface area contributed by atoms with E-state index in [1.165, 1.54) is 0 Å². The molecule has 20 heavy (non-hydrogen) atoms. The van der Waals surface area contributed by atoms with Crippen LogP contribution < -0.4 is 4.74 Å². The molecule has 5 nitrogen and oxygen atoms in total. The number of aliphatic carboxylic acids is 1. The van der Waals surface area contributed by atoms with Gasteiger partial charge in [-0.3, -0.25) is 9.48 Å². The first-order chi connectivity index (χ1) is 9.54. The van der Waals surface area contributed by atoms with Crippen LogP contribution in [-0.2, 0) is 18.3 Å². The minimum atomic E-state index is -0.808. The summed E-state index contributed by atoms with van der Waals surface area (Å²) in [6.45, 7) is 1.70. The lowest BCUT2D eigenvalue weighted by Gasteiger charge is -2.12. The molecule has 1 unspecified atom stereocenters. The molecule has 0 saturated carbocycles. The Kier molecular flexibility index (Phi) is 4.08. The molecule has 0 saturated heterocycles. The number of methoxy groups -OCH3 is 1. The summed E-state index contributed by atoms with van der Waals surface area (Å²) in [5.74, 6) is -0.513. The zero-order chi connectivity index (χ0) is 14.7. The molecule has 106 valence electrons. The second-order valence-corrected chi connectivity index (χ2v) is 4.77. The highest BCUT2D eigenvalue weighted by molar-refractivity contribution is 5.74. The lowest BCUT2D eigenvalue weighted by molar-refractivity contribution is -0.141. The van der Waals surface area contributed by atoms with Crippen molar-refractivity contribution in [1.29, 1.82) is 0 Å². The van der Waals surface area contributed by atoms with E-state index in [4.69, 9.17) is 9.84 Å². The largest absolute Gasteiger partial charge is 0.496 e. The fourth-order valence-corrected chi connectivity index (χ4v) is 2.17. The number of rotatable bonds is 5. The van der Waals surface area contributed by atoms with Crippen LogP contribution in [-0.4, -0.2) is 28.0 Å².